The van der Waals surface area contributed by atoms with Gasteiger partial charge in [-0.15, -0.1) is 12.4 Å². The first-order valence-electron chi connectivity index (χ1n) is 5.05. The van der Waals surface area contributed by atoms with Crippen LogP contribution in [0, 0.1) is 5.92 Å². The molecule has 0 amide bonds. The fraction of sp³-hybridized carbons (Fsp3) is 0.455. The Hall–Kier alpha value is -0.940. The van der Waals surface area contributed by atoms with E-state index in [1.807, 2.05) is 0 Å². The molecule has 2 nitrogen and oxygen atoms in total. The summed E-state index contributed by atoms with van der Waals surface area (Å²) in [6.07, 6.45) is -2.57. The van der Waals surface area contributed by atoms with Crippen LogP contribution in [-0.4, -0.2) is 5.11 Å². The maximum Gasteiger partial charge on any atom is 0.416 e. The van der Waals surface area contributed by atoms with Crippen LogP contribution in [0.4, 0.5) is 13.2 Å². The number of rotatable bonds is 2. The smallest absolute Gasteiger partial charge is 0.416 e. The van der Waals surface area contributed by atoms with E-state index in [4.69, 9.17) is 5.73 Å². The molecule has 1 aromatic rings. The van der Waals surface area contributed by atoms with Crippen molar-refractivity contribution in [3.05, 3.63) is 29.3 Å². The largest absolute Gasteiger partial charge is 0.508 e. The Labute approximate surface area is 103 Å². The second kappa shape index (κ2) is 4.74. The summed E-state index contributed by atoms with van der Waals surface area (Å²) < 4.78 is 37.4. The third kappa shape index (κ3) is 3.04. The van der Waals surface area contributed by atoms with Crippen molar-refractivity contribution in [3.8, 4) is 5.75 Å². The van der Waals surface area contributed by atoms with E-state index in [0.717, 1.165) is 31.0 Å². The lowest BCUT2D eigenvalue weighted by atomic mass is 9.99. The molecule has 1 atom stereocenters. The van der Waals surface area contributed by atoms with Gasteiger partial charge in [0.15, 0.2) is 0 Å². The SMILES string of the molecule is Cl.N[C@H](c1cc(C(F)(F)F)ccc1O)C1CC1. The molecular weight excluding hydrogens is 255 g/mol. The zero-order valence-electron chi connectivity index (χ0n) is 8.87. The Kier molecular flexibility index (Phi) is 3.94. The van der Waals surface area contributed by atoms with Crippen molar-refractivity contribution in [2.45, 2.75) is 25.1 Å². The summed E-state index contributed by atoms with van der Waals surface area (Å²) in [5.41, 5.74) is 5.21. The highest BCUT2D eigenvalue weighted by atomic mass is 35.5. The van der Waals surface area contributed by atoms with Gasteiger partial charge >= 0.3 is 6.18 Å². The van der Waals surface area contributed by atoms with Crippen LogP contribution in [0.15, 0.2) is 18.2 Å². The average molecular weight is 268 g/mol. The van der Waals surface area contributed by atoms with Gasteiger partial charge in [0.1, 0.15) is 5.75 Å². The van der Waals surface area contributed by atoms with Crippen LogP contribution >= 0.6 is 12.4 Å². The molecule has 0 saturated heterocycles. The molecule has 1 aromatic carbocycles. The first-order chi connectivity index (χ1) is 7.39. The number of alkyl halides is 3. The van der Waals surface area contributed by atoms with E-state index in [9.17, 15) is 18.3 Å². The Morgan fingerprint density at radius 1 is 1.29 bits per heavy atom. The van der Waals surface area contributed by atoms with Gasteiger partial charge in [-0.3, -0.25) is 0 Å². The predicted octanol–water partition coefficient (Wildman–Crippen LogP) is 3.24. The van der Waals surface area contributed by atoms with Crippen LogP contribution in [0.5, 0.6) is 5.75 Å². The molecule has 6 heteroatoms. The Morgan fingerprint density at radius 3 is 2.35 bits per heavy atom. The topological polar surface area (TPSA) is 46.2 Å². The highest BCUT2D eigenvalue weighted by Crippen LogP contribution is 2.43. The molecule has 1 aliphatic carbocycles. The quantitative estimate of drug-likeness (QED) is 0.864. The van der Waals surface area contributed by atoms with Gasteiger partial charge in [-0.05, 0) is 37.0 Å². The van der Waals surface area contributed by atoms with E-state index in [1.165, 1.54) is 0 Å². The zero-order chi connectivity index (χ0) is 11.9. The van der Waals surface area contributed by atoms with Crippen molar-refractivity contribution in [3.63, 3.8) is 0 Å². The molecule has 0 radical (unpaired) electrons. The lowest BCUT2D eigenvalue weighted by molar-refractivity contribution is -0.137. The monoisotopic (exact) mass is 267 g/mol. The van der Waals surface area contributed by atoms with Gasteiger partial charge in [0, 0.05) is 11.6 Å². The number of nitrogens with two attached hydrogens (primary N) is 1. The number of benzene rings is 1. The lowest BCUT2D eigenvalue weighted by Crippen LogP contribution is -2.14. The Balaban J connectivity index is 0.00000144. The van der Waals surface area contributed by atoms with Crippen molar-refractivity contribution >= 4 is 12.4 Å². The van der Waals surface area contributed by atoms with Crippen LogP contribution in [0.3, 0.4) is 0 Å². The highest BCUT2D eigenvalue weighted by molar-refractivity contribution is 5.85. The number of phenolic OH excluding ortho intramolecular Hbond substituents is 1. The second-order valence-corrected chi connectivity index (χ2v) is 4.13. The molecule has 0 bridgehead atoms. The molecular formula is C11H13ClF3NO. The number of phenols is 1. The molecule has 0 unspecified atom stereocenters. The number of hydrogen-bond donors (Lipinski definition) is 2. The molecule has 2 rings (SSSR count). The normalized spacial score (nSPS) is 17.4. The maximum atomic E-state index is 12.5. The molecule has 0 heterocycles. The van der Waals surface area contributed by atoms with Crippen molar-refractivity contribution in [2.24, 2.45) is 11.7 Å². The van der Waals surface area contributed by atoms with E-state index in [0.29, 0.717) is 0 Å². The van der Waals surface area contributed by atoms with E-state index in [1.54, 1.807) is 0 Å². The average Bonchev–Trinajstić information content (AvgIpc) is 2.98. The van der Waals surface area contributed by atoms with Gasteiger partial charge in [0.2, 0.25) is 0 Å². The number of hydrogen-bond acceptors (Lipinski definition) is 2. The first-order valence-corrected chi connectivity index (χ1v) is 5.05. The number of aromatic hydroxyl groups is 1. The summed E-state index contributed by atoms with van der Waals surface area (Å²) in [6.45, 7) is 0. The fourth-order valence-corrected chi connectivity index (χ4v) is 1.71. The summed E-state index contributed by atoms with van der Waals surface area (Å²) in [7, 11) is 0. The lowest BCUT2D eigenvalue weighted by Gasteiger charge is -2.15. The standard InChI is InChI=1S/C11H12F3NO.ClH/c12-11(13,14)7-3-4-9(16)8(5-7)10(15)6-1-2-6;/h3-6,10,16H,1-2,15H2;1H/t10-;/m0./s1. The molecule has 0 spiro atoms. The Bertz CT molecular complexity index is 404. The van der Waals surface area contributed by atoms with Gasteiger partial charge in [0.25, 0.3) is 0 Å². The molecule has 0 aliphatic heterocycles. The fourth-order valence-electron chi connectivity index (χ4n) is 1.71. The van der Waals surface area contributed by atoms with Gasteiger partial charge in [-0.25, -0.2) is 0 Å². The minimum absolute atomic E-state index is 0. The second-order valence-electron chi connectivity index (χ2n) is 4.13. The minimum Gasteiger partial charge on any atom is -0.508 e. The van der Waals surface area contributed by atoms with E-state index >= 15 is 0 Å². The number of halogens is 4. The van der Waals surface area contributed by atoms with Gasteiger partial charge in [0.05, 0.1) is 5.56 Å². The third-order valence-electron chi connectivity index (χ3n) is 2.84. The molecule has 0 aromatic heterocycles. The molecule has 1 saturated carbocycles. The summed E-state index contributed by atoms with van der Waals surface area (Å²) >= 11 is 0. The van der Waals surface area contributed by atoms with Crippen LogP contribution < -0.4 is 5.73 Å². The van der Waals surface area contributed by atoms with Crippen molar-refractivity contribution in [1.29, 1.82) is 0 Å². The van der Waals surface area contributed by atoms with Crippen molar-refractivity contribution < 1.29 is 18.3 Å². The van der Waals surface area contributed by atoms with Crippen LogP contribution in [0.1, 0.15) is 30.0 Å². The summed E-state index contributed by atoms with van der Waals surface area (Å²) in [4.78, 5) is 0. The zero-order valence-corrected chi connectivity index (χ0v) is 9.68. The molecule has 1 aliphatic rings. The van der Waals surface area contributed by atoms with Crippen molar-refractivity contribution in [2.75, 3.05) is 0 Å². The molecule has 1 fully saturated rings. The van der Waals surface area contributed by atoms with Gasteiger partial charge in [-0.2, -0.15) is 13.2 Å². The predicted molar refractivity (Wildman–Crippen MR) is 60.0 cm³/mol. The molecule has 3 N–H and O–H groups in total. The third-order valence-corrected chi connectivity index (χ3v) is 2.84. The van der Waals surface area contributed by atoms with Gasteiger partial charge in [-0.1, -0.05) is 0 Å². The summed E-state index contributed by atoms with van der Waals surface area (Å²) in [5, 5.41) is 9.50. The van der Waals surface area contributed by atoms with E-state index in [-0.39, 0.29) is 29.6 Å². The first kappa shape index (κ1) is 14.1. The van der Waals surface area contributed by atoms with Crippen LogP contribution in [0.25, 0.3) is 0 Å². The summed E-state index contributed by atoms with van der Waals surface area (Å²) in [5.74, 6) is 0.0433. The Morgan fingerprint density at radius 2 is 1.88 bits per heavy atom. The van der Waals surface area contributed by atoms with Gasteiger partial charge < -0.3 is 10.8 Å². The summed E-state index contributed by atoms with van der Waals surface area (Å²) in [6, 6.07) is 2.36. The molecule has 17 heavy (non-hydrogen) atoms. The van der Waals surface area contributed by atoms with Crippen LogP contribution in [-0.2, 0) is 6.18 Å². The van der Waals surface area contributed by atoms with Crippen LogP contribution in [0.2, 0.25) is 0 Å². The minimum atomic E-state index is -4.40. The molecule has 96 valence electrons. The van der Waals surface area contributed by atoms with Crippen molar-refractivity contribution in [1.82, 2.24) is 0 Å². The van der Waals surface area contributed by atoms with E-state index < -0.39 is 17.8 Å². The maximum absolute atomic E-state index is 12.5. The highest BCUT2D eigenvalue weighted by Gasteiger charge is 2.35. The van der Waals surface area contributed by atoms with E-state index in [2.05, 4.69) is 0 Å².